The molecule has 3 heterocycles. The normalized spacial score (nSPS) is 18.8. The Morgan fingerprint density at radius 3 is 2.34 bits per heavy atom. The van der Waals surface area contributed by atoms with Crippen LogP contribution < -0.4 is 15.4 Å². The fourth-order valence-electron chi connectivity index (χ4n) is 4.72. The molecular formula is C25H29N5O2. The van der Waals surface area contributed by atoms with Gasteiger partial charge in [-0.2, -0.15) is 0 Å². The van der Waals surface area contributed by atoms with E-state index in [0.717, 1.165) is 31.7 Å². The lowest BCUT2D eigenvalue weighted by Gasteiger charge is -2.39. The van der Waals surface area contributed by atoms with Gasteiger partial charge in [-0.25, -0.2) is 4.98 Å². The van der Waals surface area contributed by atoms with Crippen LogP contribution in [-0.4, -0.2) is 53.6 Å². The molecule has 0 radical (unpaired) electrons. The highest BCUT2D eigenvalue weighted by molar-refractivity contribution is 5.95. The second kappa shape index (κ2) is 7.74. The molecule has 2 aliphatic rings. The molecule has 7 heteroatoms. The van der Waals surface area contributed by atoms with Crippen LogP contribution in [0.4, 0.5) is 11.6 Å². The van der Waals surface area contributed by atoms with Gasteiger partial charge in [-0.1, -0.05) is 24.3 Å². The molecule has 0 unspecified atom stereocenters. The number of nitrogens with zero attached hydrogens (tertiary/aromatic N) is 5. The molecule has 0 saturated carbocycles. The first-order valence-corrected chi connectivity index (χ1v) is 11.2. The van der Waals surface area contributed by atoms with Gasteiger partial charge >= 0.3 is 0 Å². The van der Waals surface area contributed by atoms with Gasteiger partial charge in [0.2, 0.25) is 11.9 Å². The zero-order valence-electron chi connectivity index (χ0n) is 18.9. The molecule has 2 aromatic carbocycles. The summed E-state index contributed by atoms with van der Waals surface area (Å²) in [7, 11) is 2.15. The van der Waals surface area contributed by atoms with Crippen LogP contribution in [0.25, 0.3) is 10.9 Å². The van der Waals surface area contributed by atoms with Crippen molar-refractivity contribution in [3.8, 4) is 0 Å². The van der Waals surface area contributed by atoms with Crippen molar-refractivity contribution in [1.29, 1.82) is 0 Å². The maximum Gasteiger partial charge on any atom is 0.263 e. The molecule has 1 amide bonds. The van der Waals surface area contributed by atoms with Crippen LogP contribution in [0.3, 0.4) is 0 Å². The Hall–Kier alpha value is -3.19. The second-order valence-electron chi connectivity index (χ2n) is 9.50. The second-order valence-corrected chi connectivity index (χ2v) is 9.50. The Morgan fingerprint density at radius 1 is 0.938 bits per heavy atom. The summed E-state index contributed by atoms with van der Waals surface area (Å²) < 4.78 is 1.69. The van der Waals surface area contributed by atoms with Crippen LogP contribution in [0.2, 0.25) is 0 Å². The number of piperazine rings is 1. The van der Waals surface area contributed by atoms with Gasteiger partial charge in [0.15, 0.2) is 0 Å². The monoisotopic (exact) mass is 431 g/mol. The van der Waals surface area contributed by atoms with Crippen molar-refractivity contribution in [1.82, 2.24) is 14.5 Å². The number of aromatic nitrogens is 2. The number of amides is 1. The van der Waals surface area contributed by atoms with E-state index < -0.39 is 5.54 Å². The third kappa shape index (κ3) is 3.56. The SMILES string of the molecule is CN1CCN(c2ccc(CN3C(=O)CC(C)(C)n4c3nc3ccccc3c4=O)cc2)CC1. The summed E-state index contributed by atoms with van der Waals surface area (Å²) in [4.78, 5) is 37.6. The van der Waals surface area contributed by atoms with Gasteiger partial charge in [-0.15, -0.1) is 0 Å². The zero-order valence-corrected chi connectivity index (χ0v) is 18.9. The summed E-state index contributed by atoms with van der Waals surface area (Å²) in [6.07, 6.45) is 0.263. The zero-order chi connectivity index (χ0) is 22.5. The van der Waals surface area contributed by atoms with Crippen LogP contribution in [-0.2, 0) is 16.9 Å². The standard InChI is InChI=1S/C25H29N5O2/c1-25(2)16-22(31)29(24-26-21-7-5-4-6-20(21)23(32)30(24)25)17-18-8-10-19(11-9-18)28-14-12-27(3)13-15-28/h4-11H,12-17H2,1-3H3. The Kier molecular flexibility index (Phi) is 5.01. The Labute approximate surface area is 187 Å². The number of likely N-dealkylation sites (N-methyl/N-ethyl adjacent to an activating group) is 1. The molecule has 2 aliphatic heterocycles. The quantitative estimate of drug-likeness (QED) is 0.638. The molecule has 0 aliphatic carbocycles. The first-order valence-electron chi connectivity index (χ1n) is 11.2. The minimum Gasteiger partial charge on any atom is -0.369 e. The number of para-hydroxylation sites is 1. The predicted molar refractivity (Wildman–Crippen MR) is 127 cm³/mol. The highest BCUT2D eigenvalue weighted by Gasteiger charge is 2.38. The van der Waals surface area contributed by atoms with Crippen LogP contribution in [0, 0.1) is 0 Å². The molecule has 0 N–H and O–H groups in total. The number of benzene rings is 2. The summed E-state index contributed by atoms with van der Waals surface area (Å²) >= 11 is 0. The van der Waals surface area contributed by atoms with E-state index in [9.17, 15) is 9.59 Å². The average Bonchev–Trinajstić information content (AvgIpc) is 2.77. The molecule has 1 saturated heterocycles. The highest BCUT2D eigenvalue weighted by atomic mass is 16.2. The lowest BCUT2D eigenvalue weighted by atomic mass is 9.96. The fraction of sp³-hybridized carbons (Fsp3) is 0.400. The van der Waals surface area contributed by atoms with Crippen LogP contribution >= 0.6 is 0 Å². The molecule has 7 nitrogen and oxygen atoms in total. The van der Waals surface area contributed by atoms with Gasteiger partial charge in [0, 0.05) is 31.9 Å². The summed E-state index contributed by atoms with van der Waals surface area (Å²) in [6, 6.07) is 15.7. The summed E-state index contributed by atoms with van der Waals surface area (Å²) in [6.45, 7) is 8.40. The number of fused-ring (bicyclic) bond motifs is 2. The average molecular weight is 432 g/mol. The van der Waals surface area contributed by atoms with Crippen molar-refractivity contribution in [2.45, 2.75) is 32.4 Å². The van der Waals surface area contributed by atoms with Crippen molar-refractivity contribution < 1.29 is 4.79 Å². The van der Waals surface area contributed by atoms with Gasteiger partial charge in [-0.3, -0.25) is 19.1 Å². The minimum atomic E-state index is -0.623. The van der Waals surface area contributed by atoms with E-state index in [1.165, 1.54) is 5.69 Å². The topological polar surface area (TPSA) is 61.7 Å². The number of anilines is 2. The van der Waals surface area contributed by atoms with Crippen molar-refractivity contribution >= 4 is 28.4 Å². The molecule has 5 rings (SSSR count). The molecule has 1 fully saturated rings. The largest absolute Gasteiger partial charge is 0.369 e. The summed E-state index contributed by atoms with van der Waals surface area (Å²) in [5, 5.41) is 0.579. The molecule has 32 heavy (non-hydrogen) atoms. The number of hydrogen-bond acceptors (Lipinski definition) is 5. The highest BCUT2D eigenvalue weighted by Crippen LogP contribution is 2.33. The molecular weight excluding hydrogens is 402 g/mol. The fourth-order valence-corrected chi connectivity index (χ4v) is 4.72. The Morgan fingerprint density at radius 2 is 1.62 bits per heavy atom. The van der Waals surface area contributed by atoms with Crippen LogP contribution in [0.1, 0.15) is 25.8 Å². The van der Waals surface area contributed by atoms with Crippen molar-refractivity contribution in [3.05, 3.63) is 64.4 Å². The number of carbonyl (C=O) groups excluding carboxylic acids is 1. The van der Waals surface area contributed by atoms with E-state index in [2.05, 4.69) is 41.1 Å². The first-order chi connectivity index (χ1) is 15.3. The third-order valence-corrected chi connectivity index (χ3v) is 6.64. The lowest BCUT2D eigenvalue weighted by Crippen LogP contribution is -2.51. The van der Waals surface area contributed by atoms with Gasteiger partial charge in [-0.05, 0) is 50.7 Å². The van der Waals surface area contributed by atoms with E-state index in [0.29, 0.717) is 23.4 Å². The molecule has 0 spiro atoms. The molecule has 1 aromatic heterocycles. The van der Waals surface area contributed by atoms with Gasteiger partial charge in [0.25, 0.3) is 5.56 Å². The van der Waals surface area contributed by atoms with E-state index >= 15 is 0 Å². The molecule has 3 aromatic rings. The first kappa shape index (κ1) is 20.7. The van der Waals surface area contributed by atoms with Crippen molar-refractivity contribution in [2.24, 2.45) is 0 Å². The number of hydrogen-bond donors (Lipinski definition) is 0. The van der Waals surface area contributed by atoms with E-state index in [1.54, 1.807) is 15.5 Å². The van der Waals surface area contributed by atoms with E-state index in [1.807, 2.05) is 32.0 Å². The maximum atomic E-state index is 13.3. The summed E-state index contributed by atoms with van der Waals surface area (Å²) in [5.74, 6) is 0.415. The third-order valence-electron chi connectivity index (χ3n) is 6.64. The lowest BCUT2D eigenvalue weighted by molar-refractivity contribution is -0.121. The molecule has 0 bridgehead atoms. The predicted octanol–water partition coefficient (Wildman–Crippen LogP) is 2.82. The van der Waals surface area contributed by atoms with E-state index in [-0.39, 0.29) is 17.9 Å². The van der Waals surface area contributed by atoms with Gasteiger partial charge in [0.05, 0.1) is 29.4 Å². The number of carbonyl (C=O) groups is 1. The van der Waals surface area contributed by atoms with Gasteiger partial charge < -0.3 is 9.80 Å². The van der Waals surface area contributed by atoms with Gasteiger partial charge in [0.1, 0.15) is 0 Å². The Bertz CT molecular complexity index is 1220. The van der Waals surface area contributed by atoms with Crippen LogP contribution in [0.5, 0.6) is 0 Å². The Balaban J connectivity index is 1.48. The molecule has 166 valence electrons. The minimum absolute atomic E-state index is 0.0136. The van der Waals surface area contributed by atoms with Crippen molar-refractivity contribution in [3.63, 3.8) is 0 Å². The van der Waals surface area contributed by atoms with E-state index in [4.69, 9.17) is 4.98 Å². The summed E-state index contributed by atoms with van der Waals surface area (Å²) in [5.41, 5.74) is 2.12. The van der Waals surface area contributed by atoms with Crippen LogP contribution in [0.15, 0.2) is 53.3 Å². The smallest absolute Gasteiger partial charge is 0.263 e. The maximum absolute atomic E-state index is 13.3. The molecule has 0 atom stereocenters. The van der Waals surface area contributed by atoms with Crippen molar-refractivity contribution in [2.75, 3.05) is 43.0 Å². The number of rotatable bonds is 3.